The van der Waals surface area contributed by atoms with Gasteiger partial charge in [0.15, 0.2) is 0 Å². The smallest absolute Gasteiger partial charge is 0.125 e. The number of aryl methyl sites for hydroxylation is 3. The normalized spacial score (nSPS) is 11.0. The fourth-order valence-electron chi connectivity index (χ4n) is 1.47. The van der Waals surface area contributed by atoms with Crippen LogP contribution in [0, 0.1) is 20.8 Å². The third-order valence-electron chi connectivity index (χ3n) is 2.22. The maximum atomic E-state index is 4.36. The molecule has 0 bridgehead atoms. The summed E-state index contributed by atoms with van der Waals surface area (Å²) in [6.07, 6.45) is 0. The van der Waals surface area contributed by atoms with Gasteiger partial charge in [0.25, 0.3) is 0 Å². The van der Waals surface area contributed by atoms with Crippen LogP contribution in [0.5, 0.6) is 0 Å². The Kier molecular flexibility index (Phi) is 3.58. The van der Waals surface area contributed by atoms with Gasteiger partial charge in [0, 0.05) is 29.5 Å². The summed E-state index contributed by atoms with van der Waals surface area (Å²) in [4.78, 5) is 8.72. The van der Waals surface area contributed by atoms with Gasteiger partial charge in [0.1, 0.15) is 5.82 Å². The molecule has 1 rings (SSSR count). The molecule has 0 radical (unpaired) electrons. The van der Waals surface area contributed by atoms with E-state index in [2.05, 4.69) is 29.1 Å². The van der Waals surface area contributed by atoms with E-state index in [1.165, 1.54) is 5.56 Å². The molecule has 0 aliphatic carbocycles. The van der Waals surface area contributed by atoms with Crippen molar-refractivity contribution in [2.75, 3.05) is 0 Å². The van der Waals surface area contributed by atoms with Crippen molar-refractivity contribution in [1.82, 2.24) is 15.3 Å². The van der Waals surface area contributed by atoms with Gasteiger partial charge in [-0.1, -0.05) is 13.8 Å². The van der Waals surface area contributed by atoms with Crippen LogP contribution < -0.4 is 5.32 Å². The fourth-order valence-corrected chi connectivity index (χ4v) is 1.47. The molecule has 0 aliphatic heterocycles. The maximum Gasteiger partial charge on any atom is 0.125 e. The highest BCUT2D eigenvalue weighted by molar-refractivity contribution is 5.23. The second-order valence-electron chi connectivity index (χ2n) is 3.96. The Morgan fingerprint density at radius 3 is 2.00 bits per heavy atom. The lowest BCUT2D eigenvalue weighted by Crippen LogP contribution is -2.23. The lowest BCUT2D eigenvalue weighted by atomic mass is 10.1. The predicted molar refractivity (Wildman–Crippen MR) is 58.2 cm³/mol. The van der Waals surface area contributed by atoms with Crippen LogP contribution in [0.25, 0.3) is 0 Å². The van der Waals surface area contributed by atoms with Gasteiger partial charge in [-0.15, -0.1) is 0 Å². The molecular formula is C11H19N3. The van der Waals surface area contributed by atoms with Crippen LogP contribution in [-0.4, -0.2) is 16.0 Å². The number of hydrogen-bond acceptors (Lipinski definition) is 3. The van der Waals surface area contributed by atoms with Gasteiger partial charge in [-0.2, -0.15) is 0 Å². The molecule has 1 aromatic heterocycles. The monoisotopic (exact) mass is 193 g/mol. The summed E-state index contributed by atoms with van der Waals surface area (Å²) in [5.74, 6) is 0.855. The Bertz CT molecular complexity index is 295. The first-order valence-electron chi connectivity index (χ1n) is 5.04. The van der Waals surface area contributed by atoms with Crippen LogP contribution >= 0.6 is 0 Å². The summed E-state index contributed by atoms with van der Waals surface area (Å²) < 4.78 is 0. The predicted octanol–water partition coefficient (Wildman–Crippen LogP) is 1.90. The summed E-state index contributed by atoms with van der Waals surface area (Å²) in [6.45, 7) is 11.1. The minimum Gasteiger partial charge on any atom is -0.310 e. The van der Waals surface area contributed by atoms with Crippen molar-refractivity contribution in [3.8, 4) is 0 Å². The van der Waals surface area contributed by atoms with Crippen molar-refractivity contribution in [2.24, 2.45) is 0 Å². The molecule has 0 amide bonds. The second-order valence-corrected chi connectivity index (χ2v) is 3.96. The summed E-state index contributed by atoms with van der Waals surface area (Å²) in [6, 6.07) is 0.495. The van der Waals surface area contributed by atoms with E-state index in [4.69, 9.17) is 0 Å². The quantitative estimate of drug-likeness (QED) is 0.796. The zero-order chi connectivity index (χ0) is 10.7. The van der Waals surface area contributed by atoms with Crippen molar-refractivity contribution in [2.45, 2.75) is 47.2 Å². The van der Waals surface area contributed by atoms with E-state index in [1.807, 2.05) is 20.8 Å². The average molecular weight is 193 g/mol. The van der Waals surface area contributed by atoms with Crippen LogP contribution in [0.15, 0.2) is 0 Å². The average Bonchev–Trinajstić information content (AvgIpc) is 2.01. The molecule has 0 saturated heterocycles. The lowest BCUT2D eigenvalue weighted by molar-refractivity contribution is 0.582. The van der Waals surface area contributed by atoms with Crippen molar-refractivity contribution in [3.05, 3.63) is 22.8 Å². The summed E-state index contributed by atoms with van der Waals surface area (Å²) in [5, 5.41) is 3.38. The molecule has 78 valence electrons. The second kappa shape index (κ2) is 4.51. The van der Waals surface area contributed by atoms with Gasteiger partial charge in [0.2, 0.25) is 0 Å². The molecule has 0 aromatic carbocycles. The summed E-state index contributed by atoms with van der Waals surface area (Å²) in [7, 11) is 0. The molecule has 0 atom stereocenters. The molecular weight excluding hydrogens is 174 g/mol. The Labute approximate surface area is 86.0 Å². The van der Waals surface area contributed by atoms with E-state index >= 15 is 0 Å². The first kappa shape index (κ1) is 11.1. The molecule has 0 fully saturated rings. The van der Waals surface area contributed by atoms with Crippen LogP contribution in [0.4, 0.5) is 0 Å². The highest BCUT2D eigenvalue weighted by atomic mass is 14.9. The largest absolute Gasteiger partial charge is 0.310 e. The standard InChI is InChI=1S/C11H19N3/c1-7(2)12-6-11-8(3)13-10(5)14-9(11)4/h7,12H,6H2,1-5H3. The number of nitrogens with zero attached hydrogens (tertiary/aromatic N) is 2. The Balaban J connectivity index is 2.86. The molecule has 1 heterocycles. The molecule has 3 nitrogen and oxygen atoms in total. The van der Waals surface area contributed by atoms with E-state index in [0.717, 1.165) is 23.8 Å². The molecule has 0 spiro atoms. The van der Waals surface area contributed by atoms with Gasteiger partial charge in [0.05, 0.1) is 0 Å². The SMILES string of the molecule is Cc1nc(C)c(CNC(C)C)c(C)n1. The molecule has 1 N–H and O–H groups in total. The fraction of sp³-hybridized carbons (Fsp3) is 0.636. The van der Waals surface area contributed by atoms with Crippen LogP contribution in [0.2, 0.25) is 0 Å². The zero-order valence-corrected chi connectivity index (χ0v) is 9.68. The van der Waals surface area contributed by atoms with Gasteiger partial charge >= 0.3 is 0 Å². The molecule has 14 heavy (non-hydrogen) atoms. The Morgan fingerprint density at radius 1 is 1.07 bits per heavy atom. The number of aromatic nitrogens is 2. The number of hydrogen-bond donors (Lipinski definition) is 1. The highest BCUT2D eigenvalue weighted by Crippen LogP contribution is 2.09. The number of rotatable bonds is 3. The number of nitrogens with one attached hydrogen (secondary N) is 1. The first-order valence-corrected chi connectivity index (χ1v) is 5.04. The Morgan fingerprint density at radius 2 is 1.57 bits per heavy atom. The van der Waals surface area contributed by atoms with E-state index in [-0.39, 0.29) is 0 Å². The van der Waals surface area contributed by atoms with Crippen molar-refractivity contribution < 1.29 is 0 Å². The van der Waals surface area contributed by atoms with Gasteiger partial charge in [-0.05, 0) is 20.8 Å². The van der Waals surface area contributed by atoms with Crippen LogP contribution in [-0.2, 0) is 6.54 Å². The molecule has 1 aromatic rings. The van der Waals surface area contributed by atoms with E-state index in [1.54, 1.807) is 0 Å². The van der Waals surface area contributed by atoms with Crippen molar-refractivity contribution in [1.29, 1.82) is 0 Å². The molecule has 3 heteroatoms. The van der Waals surface area contributed by atoms with Crippen LogP contribution in [0.3, 0.4) is 0 Å². The minimum atomic E-state index is 0.495. The van der Waals surface area contributed by atoms with Gasteiger partial charge in [-0.25, -0.2) is 9.97 Å². The van der Waals surface area contributed by atoms with Crippen LogP contribution in [0.1, 0.15) is 36.6 Å². The third kappa shape index (κ3) is 2.77. The van der Waals surface area contributed by atoms with E-state index in [9.17, 15) is 0 Å². The summed E-state index contributed by atoms with van der Waals surface area (Å²) in [5.41, 5.74) is 3.40. The topological polar surface area (TPSA) is 37.8 Å². The molecule has 0 saturated carbocycles. The maximum absolute atomic E-state index is 4.36. The van der Waals surface area contributed by atoms with E-state index in [0.29, 0.717) is 6.04 Å². The molecule has 0 unspecified atom stereocenters. The lowest BCUT2D eigenvalue weighted by Gasteiger charge is -2.12. The van der Waals surface area contributed by atoms with Gasteiger partial charge < -0.3 is 5.32 Å². The zero-order valence-electron chi connectivity index (χ0n) is 9.68. The van der Waals surface area contributed by atoms with Gasteiger partial charge in [-0.3, -0.25) is 0 Å². The summed E-state index contributed by atoms with van der Waals surface area (Å²) >= 11 is 0. The minimum absolute atomic E-state index is 0.495. The third-order valence-corrected chi connectivity index (χ3v) is 2.22. The highest BCUT2D eigenvalue weighted by Gasteiger charge is 2.06. The first-order chi connectivity index (χ1) is 6.50. The molecule has 0 aliphatic rings. The Hall–Kier alpha value is -0.960. The van der Waals surface area contributed by atoms with Crippen molar-refractivity contribution in [3.63, 3.8) is 0 Å². The van der Waals surface area contributed by atoms with E-state index < -0.39 is 0 Å². The van der Waals surface area contributed by atoms with Crippen molar-refractivity contribution >= 4 is 0 Å².